The Balaban J connectivity index is 3.11. The van der Waals surface area contributed by atoms with Crippen LogP contribution in [0, 0.1) is 5.82 Å². The maximum Gasteiger partial charge on any atom is 0.241 e. The highest BCUT2D eigenvalue weighted by Crippen LogP contribution is 2.17. The van der Waals surface area contributed by atoms with Crippen LogP contribution >= 0.6 is 0 Å². The van der Waals surface area contributed by atoms with Crippen LogP contribution in [0.4, 0.5) is 4.39 Å². The fraction of sp³-hybridized carbons (Fsp3) is 0.417. The van der Waals surface area contributed by atoms with E-state index in [1.807, 2.05) is 0 Å². The van der Waals surface area contributed by atoms with E-state index >= 15 is 0 Å². The van der Waals surface area contributed by atoms with E-state index in [-0.39, 0.29) is 16.9 Å². The molecule has 0 saturated heterocycles. The van der Waals surface area contributed by atoms with E-state index in [2.05, 4.69) is 4.72 Å². The molecule has 0 atom stereocenters. The monoisotopic (exact) mass is 273 g/mol. The number of carbonyl (C=O) groups is 1. The number of carbonyl (C=O) groups excluding carboxylic acids is 1. The lowest BCUT2D eigenvalue weighted by atomic mass is 10.1. The zero-order chi connectivity index (χ0) is 14.0. The molecule has 1 aromatic rings. The van der Waals surface area contributed by atoms with Crippen molar-refractivity contribution in [3.63, 3.8) is 0 Å². The molecule has 0 amide bonds. The topological polar surface area (TPSA) is 63.2 Å². The van der Waals surface area contributed by atoms with Gasteiger partial charge in [0.2, 0.25) is 10.0 Å². The quantitative estimate of drug-likeness (QED) is 0.848. The SMILES string of the molecule is CC(C)(C)NS(=O)(=O)c1ccc(CC=O)c(F)c1. The summed E-state index contributed by atoms with van der Waals surface area (Å²) in [5.74, 6) is -0.695. The molecule has 0 saturated carbocycles. The Labute approximate surface area is 106 Å². The molecule has 0 bridgehead atoms. The summed E-state index contributed by atoms with van der Waals surface area (Å²) in [6.07, 6.45) is 0.499. The molecular formula is C12H16FNO3S. The fourth-order valence-corrected chi connectivity index (χ4v) is 2.84. The zero-order valence-electron chi connectivity index (χ0n) is 10.5. The van der Waals surface area contributed by atoms with Crippen molar-refractivity contribution in [1.29, 1.82) is 0 Å². The minimum absolute atomic E-state index is 0.0706. The average molecular weight is 273 g/mol. The molecule has 0 aliphatic rings. The van der Waals surface area contributed by atoms with E-state index in [4.69, 9.17) is 0 Å². The molecule has 0 aliphatic carbocycles. The van der Waals surface area contributed by atoms with Crippen LogP contribution in [0.5, 0.6) is 0 Å². The van der Waals surface area contributed by atoms with Gasteiger partial charge in [0.15, 0.2) is 0 Å². The second-order valence-corrected chi connectivity index (χ2v) is 6.66. The molecule has 0 unspecified atom stereocenters. The minimum Gasteiger partial charge on any atom is -0.303 e. The van der Waals surface area contributed by atoms with E-state index in [0.717, 1.165) is 6.07 Å². The summed E-state index contributed by atoms with van der Waals surface area (Å²) in [7, 11) is -3.75. The van der Waals surface area contributed by atoms with Crippen LogP contribution < -0.4 is 4.72 Å². The largest absolute Gasteiger partial charge is 0.303 e. The maximum absolute atomic E-state index is 13.5. The summed E-state index contributed by atoms with van der Waals surface area (Å²) in [5.41, 5.74) is -0.462. The molecule has 0 aliphatic heterocycles. The molecule has 0 radical (unpaired) electrons. The smallest absolute Gasteiger partial charge is 0.241 e. The first kappa shape index (κ1) is 14.8. The number of benzene rings is 1. The Morgan fingerprint density at radius 2 is 1.94 bits per heavy atom. The molecule has 6 heteroatoms. The molecule has 100 valence electrons. The van der Waals surface area contributed by atoms with Gasteiger partial charge in [0.25, 0.3) is 0 Å². The standard InChI is InChI=1S/C12H16FNO3S/c1-12(2,3)14-18(16,17)10-5-4-9(6-7-15)11(13)8-10/h4-5,7-8,14H,6H2,1-3H3. The molecule has 1 N–H and O–H groups in total. The summed E-state index contributed by atoms with van der Waals surface area (Å²) < 4.78 is 39.8. The van der Waals surface area contributed by atoms with Crippen molar-refractivity contribution in [3.8, 4) is 0 Å². The van der Waals surface area contributed by atoms with E-state index in [9.17, 15) is 17.6 Å². The van der Waals surface area contributed by atoms with Gasteiger partial charge < -0.3 is 4.79 Å². The molecule has 1 rings (SSSR count). The van der Waals surface area contributed by atoms with Gasteiger partial charge in [0, 0.05) is 12.0 Å². The number of sulfonamides is 1. The molecule has 1 aromatic carbocycles. The predicted octanol–water partition coefficient (Wildman–Crippen LogP) is 1.64. The van der Waals surface area contributed by atoms with Crippen LogP contribution in [0.2, 0.25) is 0 Å². The molecule has 0 heterocycles. The van der Waals surface area contributed by atoms with Crippen LogP contribution in [0.25, 0.3) is 0 Å². The third-order valence-electron chi connectivity index (χ3n) is 2.08. The first-order valence-corrected chi connectivity index (χ1v) is 6.90. The summed E-state index contributed by atoms with van der Waals surface area (Å²) in [4.78, 5) is 10.2. The highest BCUT2D eigenvalue weighted by molar-refractivity contribution is 7.89. The maximum atomic E-state index is 13.5. The number of rotatable bonds is 4. The molecular weight excluding hydrogens is 257 g/mol. The molecule has 18 heavy (non-hydrogen) atoms. The van der Waals surface area contributed by atoms with E-state index in [0.29, 0.717) is 6.29 Å². The van der Waals surface area contributed by atoms with Gasteiger partial charge >= 0.3 is 0 Å². The number of nitrogens with one attached hydrogen (secondary N) is 1. The Morgan fingerprint density at radius 1 is 1.33 bits per heavy atom. The fourth-order valence-electron chi connectivity index (χ4n) is 1.41. The highest BCUT2D eigenvalue weighted by Gasteiger charge is 2.22. The average Bonchev–Trinajstić information content (AvgIpc) is 2.17. The number of hydrogen-bond donors (Lipinski definition) is 1. The minimum atomic E-state index is -3.75. The van der Waals surface area contributed by atoms with Crippen molar-refractivity contribution in [2.45, 2.75) is 37.6 Å². The summed E-state index contributed by atoms with van der Waals surface area (Å²) >= 11 is 0. The number of aldehydes is 1. The van der Waals surface area contributed by atoms with Gasteiger partial charge in [0.1, 0.15) is 12.1 Å². The van der Waals surface area contributed by atoms with Gasteiger partial charge in [-0.05, 0) is 38.5 Å². The van der Waals surface area contributed by atoms with Crippen molar-refractivity contribution < 1.29 is 17.6 Å². The van der Waals surface area contributed by atoms with Gasteiger partial charge in [-0.15, -0.1) is 0 Å². The second-order valence-electron chi connectivity index (χ2n) is 4.98. The zero-order valence-corrected chi connectivity index (χ0v) is 11.3. The third kappa shape index (κ3) is 3.89. The van der Waals surface area contributed by atoms with Gasteiger partial charge in [-0.2, -0.15) is 0 Å². The van der Waals surface area contributed by atoms with Gasteiger partial charge in [-0.25, -0.2) is 17.5 Å². The summed E-state index contributed by atoms with van der Waals surface area (Å²) in [6, 6.07) is 3.52. The lowest BCUT2D eigenvalue weighted by molar-refractivity contribution is -0.107. The molecule has 0 fully saturated rings. The lowest BCUT2D eigenvalue weighted by Gasteiger charge is -2.20. The molecule has 0 aromatic heterocycles. The molecule has 0 spiro atoms. The first-order valence-electron chi connectivity index (χ1n) is 5.42. The third-order valence-corrected chi connectivity index (χ3v) is 3.83. The van der Waals surface area contributed by atoms with Crippen molar-refractivity contribution in [2.75, 3.05) is 0 Å². The van der Waals surface area contributed by atoms with Crippen LogP contribution in [0.15, 0.2) is 23.1 Å². The van der Waals surface area contributed by atoms with Crippen molar-refractivity contribution >= 4 is 16.3 Å². The Kier molecular flexibility index (Phi) is 4.24. The van der Waals surface area contributed by atoms with Crippen molar-refractivity contribution in [3.05, 3.63) is 29.6 Å². The lowest BCUT2D eigenvalue weighted by Crippen LogP contribution is -2.40. The van der Waals surface area contributed by atoms with Crippen LogP contribution in [0.3, 0.4) is 0 Å². The first-order chi connectivity index (χ1) is 8.15. The van der Waals surface area contributed by atoms with E-state index in [1.54, 1.807) is 20.8 Å². The van der Waals surface area contributed by atoms with Crippen LogP contribution in [-0.2, 0) is 21.2 Å². The summed E-state index contributed by atoms with van der Waals surface area (Å²) in [5, 5.41) is 0. The normalized spacial score (nSPS) is 12.4. The van der Waals surface area contributed by atoms with Crippen molar-refractivity contribution in [2.24, 2.45) is 0 Å². The van der Waals surface area contributed by atoms with E-state index < -0.39 is 21.4 Å². The molecule has 4 nitrogen and oxygen atoms in total. The van der Waals surface area contributed by atoms with Gasteiger partial charge in [-0.3, -0.25) is 0 Å². The van der Waals surface area contributed by atoms with Gasteiger partial charge in [-0.1, -0.05) is 6.07 Å². The van der Waals surface area contributed by atoms with Gasteiger partial charge in [0.05, 0.1) is 4.90 Å². The Bertz CT molecular complexity index is 547. The Morgan fingerprint density at radius 3 is 2.39 bits per heavy atom. The highest BCUT2D eigenvalue weighted by atomic mass is 32.2. The summed E-state index contributed by atoms with van der Waals surface area (Å²) in [6.45, 7) is 5.09. The Hall–Kier alpha value is -1.27. The number of hydrogen-bond acceptors (Lipinski definition) is 3. The van der Waals surface area contributed by atoms with Crippen molar-refractivity contribution in [1.82, 2.24) is 4.72 Å². The number of halogens is 1. The predicted molar refractivity (Wildman–Crippen MR) is 66.2 cm³/mol. The van der Waals surface area contributed by atoms with Crippen LogP contribution in [-0.4, -0.2) is 20.2 Å². The van der Waals surface area contributed by atoms with E-state index in [1.165, 1.54) is 12.1 Å². The van der Waals surface area contributed by atoms with Crippen LogP contribution in [0.1, 0.15) is 26.3 Å². The second kappa shape index (κ2) is 5.16.